The molecule has 1 unspecified atom stereocenters. The van der Waals surface area contributed by atoms with Crippen LogP contribution in [-0.4, -0.2) is 54.8 Å². The molecule has 0 spiro atoms. The van der Waals surface area contributed by atoms with Crippen LogP contribution < -0.4 is 0 Å². The SMILES string of the molecule is O=C(c1cccnc1)N1CCC[C@@]2(C3=CCOCC3)COCCC12. The standard InChI is InChI=1S/C19H24N2O3/c22-18(15-3-1-8-20-13-15)21-9-2-7-19(14-24-12-6-17(19)21)16-4-10-23-11-5-16/h1,3-4,8,13,17H,2,5-7,9-12,14H2/t17?,19-/m0/s1. The molecule has 0 saturated carbocycles. The van der Waals surface area contributed by atoms with Crippen LogP contribution >= 0.6 is 0 Å². The molecule has 3 aliphatic rings. The van der Waals surface area contributed by atoms with Gasteiger partial charge in [-0.05, 0) is 37.8 Å². The van der Waals surface area contributed by atoms with Gasteiger partial charge in [0.05, 0.1) is 25.4 Å². The number of hydrogen-bond donors (Lipinski definition) is 0. The average Bonchev–Trinajstić information content (AvgIpc) is 2.68. The summed E-state index contributed by atoms with van der Waals surface area (Å²) >= 11 is 0. The number of likely N-dealkylation sites (tertiary alicyclic amines) is 1. The third-order valence-electron chi connectivity index (χ3n) is 5.70. The van der Waals surface area contributed by atoms with Crippen LogP contribution in [0.5, 0.6) is 0 Å². The second-order valence-corrected chi connectivity index (χ2v) is 6.91. The van der Waals surface area contributed by atoms with E-state index in [2.05, 4.69) is 16.0 Å². The molecule has 128 valence electrons. The average molecular weight is 328 g/mol. The Morgan fingerprint density at radius 2 is 2.29 bits per heavy atom. The van der Waals surface area contributed by atoms with Crippen LogP contribution in [0.1, 0.15) is 36.0 Å². The quantitative estimate of drug-likeness (QED) is 0.783. The summed E-state index contributed by atoms with van der Waals surface area (Å²) in [5, 5.41) is 0. The van der Waals surface area contributed by atoms with E-state index in [4.69, 9.17) is 9.47 Å². The van der Waals surface area contributed by atoms with E-state index < -0.39 is 0 Å². The van der Waals surface area contributed by atoms with Crippen molar-refractivity contribution >= 4 is 5.91 Å². The molecule has 5 heteroatoms. The largest absolute Gasteiger partial charge is 0.380 e. The summed E-state index contributed by atoms with van der Waals surface area (Å²) in [5.74, 6) is 0.103. The minimum absolute atomic E-state index is 0.0296. The first-order valence-corrected chi connectivity index (χ1v) is 8.87. The molecule has 1 aromatic rings. The lowest BCUT2D eigenvalue weighted by molar-refractivity contribution is -0.0739. The normalized spacial score (nSPS) is 30.4. The topological polar surface area (TPSA) is 51.7 Å². The van der Waals surface area contributed by atoms with Gasteiger partial charge in [0.15, 0.2) is 0 Å². The Morgan fingerprint density at radius 3 is 3.08 bits per heavy atom. The van der Waals surface area contributed by atoms with Crippen molar-refractivity contribution in [3.05, 3.63) is 41.7 Å². The first-order valence-electron chi connectivity index (χ1n) is 8.87. The van der Waals surface area contributed by atoms with Gasteiger partial charge < -0.3 is 14.4 Å². The Labute approximate surface area is 142 Å². The maximum atomic E-state index is 13.1. The van der Waals surface area contributed by atoms with E-state index in [1.165, 1.54) is 5.57 Å². The maximum absolute atomic E-state index is 13.1. The second kappa shape index (κ2) is 6.65. The van der Waals surface area contributed by atoms with Crippen molar-refractivity contribution in [2.75, 3.05) is 33.0 Å². The van der Waals surface area contributed by atoms with Crippen LogP contribution in [0.4, 0.5) is 0 Å². The van der Waals surface area contributed by atoms with Gasteiger partial charge in [0.2, 0.25) is 0 Å². The molecule has 4 heterocycles. The number of ether oxygens (including phenoxy) is 2. The summed E-state index contributed by atoms with van der Waals surface area (Å²) in [7, 11) is 0. The van der Waals surface area contributed by atoms with Gasteiger partial charge in [0.25, 0.3) is 5.91 Å². The van der Waals surface area contributed by atoms with Gasteiger partial charge in [-0.3, -0.25) is 9.78 Å². The van der Waals surface area contributed by atoms with E-state index in [1.54, 1.807) is 12.4 Å². The summed E-state index contributed by atoms with van der Waals surface area (Å²) in [6.07, 6.45) is 9.58. The molecule has 24 heavy (non-hydrogen) atoms. The molecule has 1 aromatic heterocycles. The molecule has 0 aromatic carbocycles. The highest BCUT2D eigenvalue weighted by atomic mass is 16.5. The van der Waals surface area contributed by atoms with Gasteiger partial charge in [-0.25, -0.2) is 0 Å². The molecular weight excluding hydrogens is 304 g/mol. The van der Waals surface area contributed by atoms with Gasteiger partial charge in [-0.1, -0.05) is 11.6 Å². The van der Waals surface area contributed by atoms with E-state index in [0.717, 1.165) is 52.0 Å². The molecule has 4 rings (SSSR count). The second-order valence-electron chi connectivity index (χ2n) is 6.91. The first-order chi connectivity index (χ1) is 11.8. The molecule has 0 bridgehead atoms. The number of piperidine rings is 1. The van der Waals surface area contributed by atoms with Gasteiger partial charge in [-0.2, -0.15) is 0 Å². The predicted octanol–water partition coefficient (Wildman–Crippen LogP) is 2.44. The van der Waals surface area contributed by atoms with E-state index in [9.17, 15) is 4.79 Å². The molecule has 3 aliphatic heterocycles. The minimum Gasteiger partial charge on any atom is -0.380 e. The lowest BCUT2D eigenvalue weighted by Crippen LogP contribution is -2.59. The summed E-state index contributed by atoms with van der Waals surface area (Å²) < 4.78 is 11.4. The van der Waals surface area contributed by atoms with Crippen LogP contribution in [0.25, 0.3) is 0 Å². The van der Waals surface area contributed by atoms with E-state index >= 15 is 0 Å². The molecule has 0 aliphatic carbocycles. The fraction of sp³-hybridized carbons (Fsp3) is 0.579. The highest BCUT2D eigenvalue weighted by Gasteiger charge is 2.50. The van der Waals surface area contributed by atoms with Crippen molar-refractivity contribution in [3.63, 3.8) is 0 Å². The van der Waals surface area contributed by atoms with Crippen LogP contribution in [0.2, 0.25) is 0 Å². The van der Waals surface area contributed by atoms with Crippen LogP contribution in [0, 0.1) is 5.41 Å². The number of nitrogens with zero attached hydrogens (tertiary/aromatic N) is 2. The summed E-state index contributed by atoms with van der Waals surface area (Å²) in [5.41, 5.74) is 2.08. The number of fused-ring (bicyclic) bond motifs is 1. The zero-order valence-electron chi connectivity index (χ0n) is 13.9. The number of aromatic nitrogens is 1. The Kier molecular flexibility index (Phi) is 4.37. The molecule has 2 fully saturated rings. The number of hydrogen-bond acceptors (Lipinski definition) is 4. The highest BCUT2D eigenvalue weighted by Crippen LogP contribution is 2.48. The van der Waals surface area contributed by atoms with Crippen molar-refractivity contribution < 1.29 is 14.3 Å². The lowest BCUT2D eigenvalue weighted by Gasteiger charge is -2.54. The smallest absolute Gasteiger partial charge is 0.255 e. The monoisotopic (exact) mass is 328 g/mol. The number of pyridine rings is 1. The summed E-state index contributed by atoms with van der Waals surface area (Å²) in [6, 6.07) is 3.91. The Hall–Kier alpha value is -1.72. The van der Waals surface area contributed by atoms with Crippen molar-refractivity contribution in [3.8, 4) is 0 Å². The fourth-order valence-electron chi connectivity index (χ4n) is 4.58. The third-order valence-corrected chi connectivity index (χ3v) is 5.70. The van der Waals surface area contributed by atoms with Crippen molar-refractivity contribution in [1.82, 2.24) is 9.88 Å². The van der Waals surface area contributed by atoms with E-state index in [-0.39, 0.29) is 17.4 Å². The van der Waals surface area contributed by atoms with E-state index in [0.29, 0.717) is 12.2 Å². The van der Waals surface area contributed by atoms with E-state index in [1.807, 2.05) is 12.1 Å². The first kappa shape index (κ1) is 15.8. The predicted molar refractivity (Wildman–Crippen MR) is 89.7 cm³/mol. The highest BCUT2D eigenvalue weighted by molar-refractivity contribution is 5.94. The summed E-state index contributed by atoms with van der Waals surface area (Å²) in [6.45, 7) is 3.73. The molecule has 0 N–H and O–H groups in total. The lowest BCUT2D eigenvalue weighted by atomic mass is 9.65. The molecule has 1 amide bonds. The number of amides is 1. The Bertz CT molecular complexity index is 627. The van der Waals surface area contributed by atoms with Gasteiger partial charge >= 0.3 is 0 Å². The molecule has 0 radical (unpaired) electrons. The third kappa shape index (κ3) is 2.66. The minimum atomic E-state index is -0.0296. The number of carbonyl (C=O) groups is 1. The zero-order valence-corrected chi connectivity index (χ0v) is 13.9. The Balaban J connectivity index is 1.67. The molecular formula is C19H24N2O3. The van der Waals surface area contributed by atoms with Gasteiger partial charge in [0.1, 0.15) is 0 Å². The molecule has 2 atom stereocenters. The maximum Gasteiger partial charge on any atom is 0.255 e. The van der Waals surface area contributed by atoms with Gasteiger partial charge in [-0.15, -0.1) is 0 Å². The Morgan fingerprint density at radius 1 is 1.33 bits per heavy atom. The summed E-state index contributed by atoms with van der Waals surface area (Å²) in [4.78, 5) is 19.3. The fourth-order valence-corrected chi connectivity index (χ4v) is 4.58. The van der Waals surface area contributed by atoms with Crippen molar-refractivity contribution in [2.45, 2.75) is 31.7 Å². The van der Waals surface area contributed by atoms with Crippen LogP contribution in [0.15, 0.2) is 36.2 Å². The van der Waals surface area contributed by atoms with Crippen molar-refractivity contribution in [1.29, 1.82) is 0 Å². The number of carbonyl (C=O) groups excluding carboxylic acids is 1. The van der Waals surface area contributed by atoms with Crippen LogP contribution in [-0.2, 0) is 9.47 Å². The molecule has 5 nitrogen and oxygen atoms in total. The van der Waals surface area contributed by atoms with Gasteiger partial charge in [0, 0.05) is 37.0 Å². The molecule has 2 saturated heterocycles. The number of rotatable bonds is 2. The van der Waals surface area contributed by atoms with Crippen molar-refractivity contribution in [2.24, 2.45) is 5.41 Å². The zero-order chi connectivity index (χ0) is 16.4. The van der Waals surface area contributed by atoms with Crippen LogP contribution in [0.3, 0.4) is 0 Å².